The first kappa shape index (κ1) is 32.7. The molecule has 4 heterocycles. The summed E-state index contributed by atoms with van der Waals surface area (Å²) in [6, 6.07) is 15.9. The summed E-state index contributed by atoms with van der Waals surface area (Å²) in [4.78, 5) is 4.67. The Labute approximate surface area is 287 Å². The van der Waals surface area contributed by atoms with Crippen molar-refractivity contribution in [1.82, 2.24) is 9.80 Å². The molecule has 4 aromatic carbocycles. The lowest BCUT2D eigenvalue weighted by Crippen LogP contribution is -2.34. The quantitative estimate of drug-likeness (QED) is 0.243. The van der Waals surface area contributed by atoms with Gasteiger partial charge >= 0.3 is 0 Å². The molecule has 0 aliphatic carbocycles. The minimum atomic E-state index is -0.233. The van der Waals surface area contributed by atoms with Gasteiger partial charge in [0.2, 0.25) is 17.2 Å². The van der Waals surface area contributed by atoms with Gasteiger partial charge in [-0.15, -0.1) is 0 Å². The monoisotopic (exact) mass is 668 g/mol. The summed E-state index contributed by atoms with van der Waals surface area (Å²) in [6.45, 7) is 1.67. The second-order valence-electron chi connectivity index (χ2n) is 12.9. The van der Waals surface area contributed by atoms with Crippen molar-refractivity contribution in [3.63, 3.8) is 0 Å². The van der Waals surface area contributed by atoms with Crippen LogP contribution in [0.5, 0.6) is 57.5 Å². The number of nitrogens with zero attached hydrogens (tertiary/aromatic N) is 2. The van der Waals surface area contributed by atoms with Gasteiger partial charge in [-0.25, -0.2) is 0 Å². The third kappa shape index (κ3) is 5.62. The first-order valence-electron chi connectivity index (χ1n) is 16.6. The minimum Gasteiger partial charge on any atom is -0.502 e. The molecule has 1 N–H and O–H groups in total. The number of hydrogen-bond donors (Lipinski definition) is 1. The molecular formula is C39H44N2O8. The number of rotatable bonds is 5. The van der Waals surface area contributed by atoms with Crippen LogP contribution in [-0.4, -0.2) is 77.6 Å². The molecule has 2 atom stereocenters. The SMILES string of the molecule is COc1cc2c3cc1Oc1c(OC)c(OC)c(OC)c4c1[C@H](Cc1ccc(OC)c(O)c1Oc1ccc(cc1)C[C@@H]3N(C)CC2)N(C)CC4. The average Bonchev–Trinajstić information content (AvgIpc) is 3.11. The number of phenols is 1. The lowest BCUT2D eigenvalue weighted by Gasteiger charge is -2.38. The van der Waals surface area contributed by atoms with Crippen LogP contribution >= 0.6 is 0 Å². The third-order valence-corrected chi connectivity index (χ3v) is 10.3. The third-order valence-electron chi connectivity index (χ3n) is 10.3. The Kier molecular flexibility index (Phi) is 8.85. The Morgan fingerprint density at radius 3 is 2.04 bits per heavy atom. The van der Waals surface area contributed by atoms with Crippen molar-refractivity contribution in [2.24, 2.45) is 0 Å². The van der Waals surface area contributed by atoms with Crippen LogP contribution in [0.4, 0.5) is 0 Å². The maximum Gasteiger partial charge on any atom is 0.208 e. The molecule has 258 valence electrons. The number of ether oxygens (including phenoxy) is 7. The van der Waals surface area contributed by atoms with Crippen LogP contribution in [0, 0.1) is 0 Å². The Balaban J connectivity index is 1.53. The number of benzene rings is 4. The van der Waals surface area contributed by atoms with Gasteiger partial charge in [-0.3, -0.25) is 9.80 Å². The van der Waals surface area contributed by atoms with Crippen molar-refractivity contribution >= 4 is 0 Å². The molecule has 10 heteroatoms. The lowest BCUT2D eigenvalue weighted by molar-refractivity contribution is 0.215. The molecule has 0 radical (unpaired) electrons. The molecular weight excluding hydrogens is 624 g/mol. The van der Waals surface area contributed by atoms with Crippen molar-refractivity contribution in [2.75, 3.05) is 62.7 Å². The van der Waals surface area contributed by atoms with Crippen LogP contribution in [0.3, 0.4) is 0 Å². The maximum atomic E-state index is 11.4. The highest BCUT2D eigenvalue weighted by atomic mass is 16.6. The van der Waals surface area contributed by atoms with Crippen LogP contribution in [0.1, 0.15) is 45.5 Å². The molecule has 49 heavy (non-hydrogen) atoms. The second kappa shape index (κ2) is 13.2. The molecule has 4 aliphatic rings. The van der Waals surface area contributed by atoms with Crippen molar-refractivity contribution in [1.29, 1.82) is 0 Å². The molecule has 0 amide bonds. The first-order valence-corrected chi connectivity index (χ1v) is 16.6. The normalized spacial score (nSPS) is 18.7. The van der Waals surface area contributed by atoms with Gasteiger partial charge in [0.1, 0.15) is 5.75 Å². The van der Waals surface area contributed by atoms with E-state index >= 15 is 0 Å². The highest BCUT2D eigenvalue weighted by molar-refractivity contribution is 5.70. The molecule has 4 aromatic rings. The molecule has 0 unspecified atom stereocenters. The van der Waals surface area contributed by atoms with Gasteiger partial charge in [0.05, 0.1) is 35.5 Å². The Morgan fingerprint density at radius 1 is 0.653 bits per heavy atom. The topological polar surface area (TPSA) is 91.3 Å². The zero-order valence-corrected chi connectivity index (χ0v) is 29.2. The predicted molar refractivity (Wildman–Crippen MR) is 186 cm³/mol. The van der Waals surface area contributed by atoms with E-state index in [4.69, 9.17) is 33.2 Å². The number of phenolic OH excluding ortho intramolecular Hbond substituents is 1. The lowest BCUT2D eigenvalue weighted by atomic mass is 9.86. The second-order valence-corrected chi connectivity index (χ2v) is 12.9. The minimum absolute atomic E-state index is 0.0563. The smallest absolute Gasteiger partial charge is 0.208 e. The van der Waals surface area contributed by atoms with Crippen LogP contribution in [-0.2, 0) is 25.7 Å². The fraction of sp³-hybridized carbons (Fsp3) is 0.385. The fourth-order valence-corrected chi connectivity index (χ4v) is 7.66. The van der Waals surface area contributed by atoms with Crippen LogP contribution in [0.2, 0.25) is 0 Å². The number of fused-ring (bicyclic) bond motifs is 2. The molecule has 0 fully saturated rings. The van der Waals surface area contributed by atoms with Gasteiger partial charge in [0, 0.05) is 41.9 Å². The summed E-state index contributed by atoms with van der Waals surface area (Å²) in [6.07, 6.45) is 2.85. The number of aromatic hydroxyl groups is 1. The van der Waals surface area contributed by atoms with Crippen LogP contribution in [0.15, 0.2) is 48.5 Å². The van der Waals surface area contributed by atoms with Gasteiger partial charge < -0.3 is 38.3 Å². The van der Waals surface area contributed by atoms with Crippen molar-refractivity contribution < 1.29 is 38.3 Å². The zero-order valence-electron chi connectivity index (χ0n) is 29.2. The Bertz CT molecular complexity index is 1880. The van der Waals surface area contributed by atoms with Crippen LogP contribution < -0.4 is 33.2 Å². The first-order chi connectivity index (χ1) is 23.8. The van der Waals surface area contributed by atoms with E-state index in [0.29, 0.717) is 64.6 Å². The van der Waals surface area contributed by atoms with Gasteiger partial charge in [0.25, 0.3) is 0 Å². The van der Waals surface area contributed by atoms with Gasteiger partial charge in [-0.1, -0.05) is 18.2 Å². The zero-order chi connectivity index (χ0) is 34.4. The molecule has 0 saturated carbocycles. The molecule has 4 aliphatic heterocycles. The summed E-state index contributed by atoms with van der Waals surface area (Å²) in [5, 5.41) is 11.4. The van der Waals surface area contributed by atoms with E-state index in [1.54, 1.807) is 34.5 Å². The summed E-state index contributed by atoms with van der Waals surface area (Å²) in [5.74, 6) is 4.51. The Morgan fingerprint density at radius 2 is 1.35 bits per heavy atom. The van der Waals surface area contributed by atoms with Crippen molar-refractivity contribution in [2.45, 2.75) is 37.8 Å². The summed E-state index contributed by atoms with van der Waals surface area (Å²) >= 11 is 0. The molecule has 0 aromatic heterocycles. The van der Waals surface area contributed by atoms with E-state index in [-0.39, 0.29) is 17.8 Å². The molecule has 8 rings (SSSR count). The van der Waals surface area contributed by atoms with E-state index in [1.807, 2.05) is 18.2 Å². The number of likely N-dealkylation sites (N-methyl/N-ethyl adjacent to an activating group) is 2. The summed E-state index contributed by atoms with van der Waals surface area (Å²) < 4.78 is 43.1. The van der Waals surface area contributed by atoms with E-state index < -0.39 is 0 Å². The van der Waals surface area contributed by atoms with Crippen molar-refractivity contribution in [3.8, 4) is 57.5 Å². The Hall–Kier alpha value is -4.80. The molecule has 10 nitrogen and oxygen atoms in total. The maximum absolute atomic E-state index is 11.4. The van der Waals surface area contributed by atoms with Crippen molar-refractivity contribution in [3.05, 3.63) is 81.9 Å². The molecule has 4 bridgehead atoms. The number of methoxy groups -OCH3 is 5. The summed E-state index contributed by atoms with van der Waals surface area (Å²) in [7, 11) is 12.3. The standard InChI is InChI=1S/C39H44N2O8/c1-40-16-14-23-20-31(44-4)32-21-27(23)28(40)18-22-8-11-25(12-9-22)48-35-24(10-13-30(43-3)34(35)42)19-29-33-26(15-17-41(29)2)36(45-5)38(46-6)39(47-7)37(33)49-32/h8-13,20-21,28-29,42H,14-19H2,1-7H3/t28-,29-/m0/s1. The highest BCUT2D eigenvalue weighted by Gasteiger charge is 2.38. The van der Waals surface area contributed by atoms with E-state index in [2.05, 4.69) is 48.2 Å². The fourth-order valence-electron chi connectivity index (χ4n) is 7.66. The van der Waals surface area contributed by atoms with E-state index in [0.717, 1.165) is 48.2 Å². The molecule has 0 saturated heterocycles. The van der Waals surface area contributed by atoms with E-state index in [9.17, 15) is 5.11 Å². The molecule has 0 spiro atoms. The van der Waals surface area contributed by atoms with Gasteiger partial charge in [-0.05, 0) is 86.8 Å². The number of hydrogen-bond acceptors (Lipinski definition) is 10. The van der Waals surface area contributed by atoms with Crippen LogP contribution in [0.25, 0.3) is 0 Å². The highest BCUT2D eigenvalue weighted by Crippen LogP contribution is 2.57. The largest absolute Gasteiger partial charge is 0.502 e. The van der Waals surface area contributed by atoms with Gasteiger partial charge in [-0.2, -0.15) is 0 Å². The average molecular weight is 669 g/mol. The van der Waals surface area contributed by atoms with E-state index in [1.165, 1.54) is 18.2 Å². The van der Waals surface area contributed by atoms with Gasteiger partial charge in [0.15, 0.2) is 34.5 Å². The predicted octanol–water partition coefficient (Wildman–Crippen LogP) is 6.88. The summed E-state index contributed by atoms with van der Waals surface area (Å²) in [5.41, 5.74) is 6.28.